The molecule has 32 heavy (non-hydrogen) atoms. The normalized spacial score (nSPS) is 16.1. The van der Waals surface area contributed by atoms with Gasteiger partial charge in [-0.05, 0) is 44.4 Å². The SMILES string of the molecule is CC(=O)N1CCCN(Cc2ccccc2)CCN(C(=O)OC(C)(C)C)Cc2ccccc21. The highest BCUT2D eigenvalue weighted by Gasteiger charge is 2.25. The fraction of sp³-hybridized carbons (Fsp3) is 0.462. The smallest absolute Gasteiger partial charge is 0.410 e. The van der Waals surface area contributed by atoms with Crippen molar-refractivity contribution in [2.75, 3.05) is 31.1 Å². The number of rotatable bonds is 2. The number of para-hydroxylation sites is 1. The maximum atomic E-state index is 13.1. The first-order valence-electron chi connectivity index (χ1n) is 11.3. The van der Waals surface area contributed by atoms with Crippen LogP contribution in [0.15, 0.2) is 54.6 Å². The van der Waals surface area contributed by atoms with Gasteiger partial charge in [-0.2, -0.15) is 0 Å². The minimum Gasteiger partial charge on any atom is -0.444 e. The third-order valence-corrected chi connectivity index (χ3v) is 5.47. The van der Waals surface area contributed by atoms with Crippen molar-refractivity contribution in [3.8, 4) is 0 Å². The Hall–Kier alpha value is -2.86. The first-order valence-corrected chi connectivity index (χ1v) is 11.3. The first kappa shape index (κ1) is 23.8. The molecular formula is C26H35N3O3. The molecule has 0 atom stereocenters. The van der Waals surface area contributed by atoms with Gasteiger partial charge in [-0.25, -0.2) is 4.79 Å². The third-order valence-electron chi connectivity index (χ3n) is 5.47. The number of anilines is 1. The number of hydrogen-bond donors (Lipinski definition) is 0. The van der Waals surface area contributed by atoms with Crippen molar-refractivity contribution >= 4 is 17.7 Å². The van der Waals surface area contributed by atoms with E-state index in [-0.39, 0.29) is 12.0 Å². The number of amides is 2. The second-order valence-corrected chi connectivity index (χ2v) is 9.32. The average Bonchev–Trinajstić information content (AvgIpc) is 2.76. The monoisotopic (exact) mass is 437 g/mol. The topological polar surface area (TPSA) is 53.1 Å². The Labute approximate surface area is 191 Å². The van der Waals surface area contributed by atoms with Gasteiger partial charge in [-0.15, -0.1) is 0 Å². The van der Waals surface area contributed by atoms with Crippen LogP contribution < -0.4 is 4.90 Å². The number of fused-ring (bicyclic) bond motifs is 1. The molecule has 0 aromatic heterocycles. The molecule has 0 N–H and O–H groups in total. The molecule has 0 aliphatic carbocycles. The molecule has 172 valence electrons. The van der Waals surface area contributed by atoms with Crippen molar-refractivity contribution in [3.63, 3.8) is 0 Å². The Morgan fingerprint density at radius 3 is 2.28 bits per heavy atom. The standard InChI is InChI=1S/C26H35N3O3/c1-21(30)29-16-10-15-27(19-22-11-6-5-7-12-22)17-18-28(25(31)32-26(2,3)4)20-23-13-8-9-14-24(23)29/h5-9,11-14H,10,15-20H2,1-4H3. The van der Waals surface area contributed by atoms with Crippen molar-refractivity contribution in [1.82, 2.24) is 9.80 Å². The molecule has 0 saturated carbocycles. The minimum absolute atomic E-state index is 0.00937. The van der Waals surface area contributed by atoms with Gasteiger partial charge in [0.05, 0.1) is 6.54 Å². The largest absolute Gasteiger partial charge is 0.444 e. The molecule has 1 heterocycles. The highest BCUT2D eigenvalue weighted by atomic mass is 16.6. The summed E-state index contributed by atoms with van der Waals surface area (Å²) >= 11 is 0. The molecule has 0 radical (unpaired) electrons. The average molecular weight is 438 g/mol. The van der Waals surface area contributed by atoms with E-state index in [0.717, 1.165) is 37.3 Å². The summed E-state index contributed by atoms with van der Waals surface area (Å²) in [7, 11) is 0. The van der Waals surface area contributed by atoms with Crippen molar-refractivity contribution in [2.45, 2.75) is 52.8 Å². The van der Waals surface area contributed by atoms with E-state index in [2.05, 4.69) is 17.0 Å². The Morgan fingerprint density at radius 1 is 0.906 bits per heavy atom. The highest BCUT2D eigenvalue weighted by Crippen LogP contribution is 2.24. The van der Waals surface area contributed by atoms with E-state index in [9.17, 15) is 9.59 Å². The summed E-state index contributed by atoms with van der Waals surface area (Å²) in [4.78, 5) is 31.5. The lowest BCUT2D eigenvalue weighted by molar-refractivity contribution is -0.116. The molecule has 2 amide bonds. The van der Waals surface area contributed by atoms with Crippen molar-refractivity contribution < 1.29 is 14.3 Å². The van der Waals surface area contributed by atoms with Gasteiger partial charge in [-0.3, -0.25) is 9.69 Å². The van der Waals surface area contributed by atoms with E-state index in [1.807, 2.05) is 68.1 Å². The van der Waals surface area contributed by atoms with Crippen LogP contribution in [0.3, 0.4) is 0 Å². The van der Waals surface area contributed by atoms with E-state index < -0.39 is 5.60 Å². The van der Waals surface area contributed by atoms with E-state index in [0.29, 0.717) is 19.6 Å². The maximum Gasteiger partial charge on any atom is 0.410 e. The molecule has 3 rings (SSSR count). The molecule has 0 saturated heterocycles. The van der Waals surface area contributed by atoms with Gasteiger partial charge in [0.1, 0.15) is 5.60 Å². The molecule has 0 fully saturated rings. The summed E-state index contributed by atoms with van der Waals surface area (Å²) in [6.45, 7) is 11.2. The zero-order valence-corrected chi connectivity index (χ0v) is 19.7. The van der Waals surface area contributed by atoms with Gasteiger partial charge in [0.15, 0.2) is 0 Å². The Balaban J connectivity index is 1.89. The number of hydrogen-bond acceptors (Lipinski definition) is 4. The molecule has 0 spiro atoms. The number of carbonyl (C=O) groups excluding carboxylic acids is 2. The van der Waals surface area contributed by atoms with Crippen LogP contribution in [0, 0.1) is 0 Å². The van der Waals surface area contributed by atoms with Gasteiger partial charge in [0.2, 0.25) is 5.91 Å². The minimum atomic E-state index is -0.571. The quantitative estimate of drug-likeness (QED) is 0.684. The van der Waals surface area contributed by atoms with Gasteiger partial charge >= 0.3 is 6.09 Å². The fourth-order valence-electron chi connectivity index (χ4n) is 3.95. The highest BCUT2D eigenvalue weighted by molar-refractivity contribution is 5.92. The predicted octanol–water partition coefficient (Wildman–Crippen LogP) is 4.68. The first-order chi connectivity index (χ1) is 15.2. The second-order valence-electron chi connectivity index (χ2n) is 9.32. The number of nitrogens with zero attached hydrogens (tertiary/aromatic N) is 3. The van der Waals surface area contributed by atoms with Crippen LogP contribution in [0.1, 0.15) is 45.2 Å². The van der Waals surface area contributed by atoms with Crippen LogP contribution in [0.2, 0.25) is 0 Å². The molecule has 0 bridgehead atoms. The summed E-state index contributed by atoms with van der Waals surface area (Å²) in [6.07, 6.45) is 0.522. The van der Waals surface area contributed by atoms with Gasteiger partial charge in [0, 0.05) is 45.3 Å². The van der Waals surface area contributed by atoms with Crippen LogP contribution in [0.25, 0.3) is 0 Å². The zero-order chi connectivity index (χ0) is 23.1. The van der Waals surface area contributed by atoms with Gasteiger partial charge < -0.3 is 14.5 Å². The molecular weight excluding hydrogens is 402 g/mol. The van der Waals surface area contributed by atoms with Crippen LogP contribution in [-0.2, 0) is 22.6 Å². The molecule has 1 aliphatic heterocycles. The predicted molar refractivity (Wildman–Crippen MR) is 127 cm³/mol. The van der Waals surface area contributed by atoms with Gasteiger partial charge in [-0.1, -0.05) is 48.5 Å². The molecule has 6 heteroatoms. The molecule has 2 aromatic carbocycles. The van der Waals surface area contributed by atoms with Crippen molar-refractivity contribution in [1.29, 1.82) is 0 Å². The molecule has 6 nitrogen and oxygen atoms in total. The molecule has 0 unspecified atom stereocenters. The lowest BCUT2D eigenvalue weighted by atomic mass is 10.1. The zero-order valence-electron chi connectivity index (χ0n) is 19.7. The van der Waals surface area contributed by atoms with Crippen LogP contribution in [-0.4, -0.2) is 53.6 Å². The summed E-state index contributed by atoms with van der Waals surface area (Å²) in [5.41, 5.74) is 2.48. The van der Waals surface area contributed by atoms with Crippen molar-refractivity contribution in [2.24, 2.45) is 0 Å². The Bertz CT molecular complexity index is 908. The van der Waals surface area contributed by atoms with E-state index in [4.69, 9.17) is 4.74 Å². The van der Waals surface area contributed by atoms with Gasteiger partial charge in [0.25, 0.3) is 0 Å². The Kier molecular flexibility index (Phi) is 7.91. The van der Waals surface area contributed by atoms with Crippen LogP contribution in [0.4, 0.5) is 10.5 Å². The van der Waals surface area contributed by atoms with E-state index in [1.54, 1.807) is 11.8 Å². The summed E-state index contributed by atoms with van der Waals surface area (Å²) in [6, 6.07) is 18.2. The van der Waals surface area contributed by atoms with Crippen molar-refractivity contribution in [3.05, 3.63) is 65.7 Å². The molecule has 1 aliphatic rings. The number of ether oxygens (including phenoxy) is 1. The fourth-order valence-corrected chi connectivity index (χ4v) is 3.95. The lowest BCUT2D eigenvalue weighted by Crippen LogP contribution is -2.41. The van der Waals surface area contributed by atoms with Crippen LogP contribution in [0.5, 0.6) is 0 Å². The van der Waals surface area contributed by atoms with E-state index >= 15 is 0 Å². The molecule has 2 aromatic rings. The maximum absolute atomic E-state index is 13.1. The summed E-state index contributed by atoms with van der Waals surface area (Å²) in [5.74, 6) is 0.00937. The second kappa shape index (κ2) is 10.6. The Morgan fingerprint density at radius 2 is 1.59 bits per heavy atom. The summed E-state index contributed by atoms with van der Waals surface area (Å²) in [5, 5.41) is 0. The van der Waals surface area contributed by atoms with E-state index in [1.165, 1.54) is 5.56 Å². The lowest BCUT2D eigenvalue weighted by Gasteiger charge is -2.30. The number of carbonyl (C=O) groups is 2. The van der Waals surface area contributed by atoms with Crippen LogP contribution >= 0.6 is 0 Å². The third kappa shape index (κ3) is 6.82. The summed E-state index contributed by atoms with van der Waals surface area (Å²) < 4.78 is 5.71. The number of benzene rings is 2.